The predicted molar refractivity (Wildman–Crippen MR) is 73.0 cm³/mol. The molecule has 0 saturated heterocycles. The maximum atomic E-state index is 5.99. The Kier molecular flexibility index (Phi) is 4.05. The quantitative estimate of drug-likeness (QED) is 0.825. The van der Waals surface area contributed by atoms with E-state index in [0.717, 1.165) is 21.1 Å². The van der Waals surface area contributed by atoms with Crippen LogP contribution in [0.4, 0.5) is 0 Å². The average molecular weight is 288 g/mol. The van der Waals surface area contributed by atoms with Crippen molar-refractivity contribution in [3.8, 4) is 10.6 Å². The summed E-state index contributed by atoms with van der Waals surface area (Å²) in [6.45, 7) is 2.57. The molecule has 0 atom stereocenters. The van der Waals surface area contributed by atoms with Gasteiger partial charge in [0.1, 0.15) is 5.01 Å². The first kappa shape index (κ1) is 12.8. The molecule has 1 aromatic carbocycles. The Balaban J connectivity index is 2.39. The minimum Gasteiger partial charge on any atom is -0.378 e. The molecule has 0 aliphatic rings. The van der Waals surface area contributed by atoms with E-state index in [2.05, 4.69) is 4.98 Å². The number of halogens is 2. The van der Waals surface area contributed by atoms with Crippen molar-refractivity contribution in [2.45, 2.75) is 13.5 Å². The van der Waals surface area contributed by atoms with Gasteiger partial charge in [-0.1, -0.05) is 29.3 Å². The van der Waals surface area contributed by atoms with Gasteiger partial charge < -0.3 is 4.74 Å². The summed E-state index contributed by atoms with van der Waals surface area (Å²) in [4.78, 5) is 5.69. The normalized spacial score (nSPS) is 10.8. The largest absolute Gasteiger partial charge is 0.378 e. The molecule has 1 heterocycles. The molecule has 17 heavy (non-hydrogen) atoms. The zero-order valence-electron chi connectivity index (χ0n) is 9.46. The number of nitrogens with zero attached hydrogens (tertiary/aromatic N) is 1. The molecule has 0 bridgehead atoms. The second-order valence-electron chi connectivity index (χ2n) is 3.58. The first-order chi connectivity index (χ1) is 8.11. The Labute approximate surface area is 114 Å². The molecule has 1 aromatic heterocycles. The van der Waals surface area contributed by atoms with Gasteiger partial charge in [-0.3, -0.25) is 0 Å². The van der Waals surface area contributed by atoms with Crippen molar-refractivity contribution in [1.29, 1.82) is 0 Å². The highest BCUT2D eigenvalue weighted by atomic mass is 35.5. The molecule has 0 saturated carbocycles. The lowest BCUT2D eigenvalue weighted by Crippen LogP contribution is -1.89. The zero-order chi connectivity index (χ0) is 12.4. The Hall–Kier alpha value is -0.610. The molecular weight excluding hydrogens is 277 g/mol. The molecule has 0 fully saturated rings. The number of ether oxygens (including phenoxy) is 1. The van der Waals surface area contributed by atoms with Gasteiger partial charge in [0, 0.05) is 17.6 Å². The Bertz CT molecular complexity index is 539. The molecule has 0 aliphatic carbocycles. The van der Waals surface area contributed by atoms with Gasteiger partial charge in [-0.05, 0) is 19.1 Å². The average Bonchev–Trinajstić information content (AvgIpc) is 2.65. The second-order valence-corrected chi connectivity index (χ2v) is 5.60. The molecule has 0 radical (unpaired) electrons. The third-order valence-corrected chi connectivity index (χ3v) is 4.14. The standard InChI is InChI=1S/C12H11Cl2NOS/c1-7-11(6-16-2)15-12(17-7)8-3-4-9(13)10(14)5-8/h3-5H,6H2,1-2H3. The highest BCUT2D eigenvalue weighted by Crippen LogP contribution is 2.32. The van der Waals surface area contributed by atoms with Crippen molar-refractivity contribution in [2.24, 2.45) is 0 Å². The van der Waals surface area contributed by atoms with Gasteiger partial charge in [0.05, 0.1) is 22.3 Å². The fourth-order valence-corrected chi connectivity index (χ4v) is 2.66. The third-order valence-electron chi connectivity index (χ3n) is 2.34. The van der Waals surface area contributed by atoms with Crippen molar-refractivity contribution in [2.75, 3.05) is 7.11 Å². The lowest BCUT2D eigenvalue weighted by atomic mass is 10.2. The fraction of sp³-hybridized carbons (Fsp3) is 0.250. The number of thiazole rings is 1. The summed E-state index contributed by atoms with van der Waals surface area (Å²) < 4.78 is 5.10. The van der Waals surface area contributed by atoms with E-state index in [1.165, 1.54) is 0 Å². The minimum atomic E-state index is 0.531. The maximum Gasteiger partial charge on any atom is 0.124 e. The van der Waals surface area contributed by atoms with Crippen LogP contribution >= 0.6 is 34.5 Å². The number of aromatic nitrogens is 1. The highest BCUT2D eigenvalue weighted by Gasteiger charge is 2.10. The SMILES string of the molecule is COCc1nc(-c2ccc(Cl)c(Cl)c2)sc1C. The lowest BCUT2D eigenvalue weighted by molar-refractivity contribution is 0.181. The van der Waals surface area contributed by atoms with E-state index < -0.39 is 0 Å². The van der Waals surface area contributed by atoms with Crippen LogP contribution in [0.15, 0.2) is 18.2 Å². The summed E-state index contributed by atoms with van der Waals surface area (Å²) >= 11 is 13.5. The smallest absolute Gasteiger partial charge is 0.124 e. The van der Waals surface area contributed by atoms with Gasteiger partial charge in [0.25, 0.3) is 0 Å². The van der Waals surface area contributed by atoms with E-state index >= 15 is 0 Å². The van der Waals surface area contributed by atoms with Gasteiger partial charge >= 0.3 is 0 Å². The Morgan fingerprint density at radius 3 is 2.71 bits per heavy atom. The van der Waals surface area contributed by atoms with E-state index in [0.29, 0.717) is 16.7 Å². The van der Waals surface area contributed by atoms with Crippen LogP contribution in [-0.4, -0.2) is 12.1 Å². The molecule has 90 valence electrons. The van der Waals surface area contributed by atoms with Crippen molar-refractivity contribution in [3.05, 3.63) is 38.8 Å². The maximum absolute atomic E-state index is 5.99. The number of benzene rings is 1. The number of aryl methyl sites for hydroxylation is 1. The van der Waals surface area contributed by atoms with Gasteiger partial charge in [-0.25, -0.2) is 4.98 Å². The van der Waals surface area contributed by atoms with E-state index in [1.54, 1.807) is 24.5 Å². The van der Waals surface area contributed by atoms with Gasteiger partial charge in [0.2, 0.25) is 0 Å². The third kappa shape index (κ3) is 2.80. The molecule has 2 nitrogen and oxygen atoms in total. The molecule has 0 aliphatic heterocycles. The van der Waals surface area contributed by atoms with E-state index in [4.69, 9.17) is 27.9 Å². The lowest BCUT2D eigenvalue weighted by Gasteiger charge is -1.99. The van der Waals surface area contributed by atoms with Crippen molar-refractivity contribution in [1.82, 2.24) is 4.98 Å². The molecule has 2 rings (SSSR count). The Morgan fingerprint density at radius 2 is 2.06 bits per heavy atom. The predicted octanol–water partition coefficient (Wildman–Crippen LogP) is 4.57. The topological polar surface area (TPSA) is 22.1 Å². The summed E-state index contributed by atoms with van der Waals surface area (Å²) in [5, 5.41) is 2.04. The summed E-state index contributed by atoms with van der Waals surface area (Å²) in [6.07, 6.45) is 0. The molecule has 0 spiro atoms. The van der Waals surface area contributed by atoms with Crippen LogP contribution in [0.1, 0.15) is 10.6 Å². The highest BCUT2D eigenvalue weighted by molar-refractivity contribution is 7.15. The van der Waals surface area contributed by atoms with Crippen molar-refractivity contribution < 1.29 is 4.74 Å². The van der Waals surface area contributed by atoms with Crippen LogP contribution in [0.2, 0.25) is 10.0 Å². The summed E-state index contributed by atoms with van der Waals surface area (Å²) in [5.74, 6) is 0. The molecule has 2 aromatic rings. The van der Waals surface area contributed by atoms with Crippen LogP contribution in [0, 0.1) is 6.92 Å². The van der Waals surface area contributed by atoms with E-state index in [1.807, 2.05) is 19.1 Å². The number of hydrogen-bond donors (Lipinski definition) is 0. The first-order valence-electron chi connectivity index (χ1n) is 5.02. The number of rotatable bonds is 3. The van der Waals surface area contributed by atoms with Crippen LogP contribution < -0.4 is 0 Å². The zero-order valence-corrected chi connectivity index (χ0v) is 11.8. The first-order valence-corrected chi connectivity index (χ1v) is 6.59. The number of methoxy groups -OCH3 is 1. The Morgan fingerprint density at radius 1 is 1.29 bits per heavy atom. The van der Waals surface area contributed by atoms with Crippen LogP contribution in [0.5, 0.6) is 0 Å². The molecule has 0 N–H and O–H groups in total. The summed E-state index contributed by atoms with van der Waals surface area (Å²) in [6, 6.07) is 5.54. The monoisotopic (exact) mass is 287 g/mol. The van der Waals surface area contributed by atoms with Crippen molar-refractivity contribution in [3.63, 3.8) is 0 Å². The molecule has 0 unspecified atom stereocenters. The van der Waals surface area contributed by atoms with Gasteiger partial charge in [-0.2, -0.15) is 0 Å². The summed E-state index contributed by atoms with van der Waals surface area (Å²) in [5.41, 5.74) is 1.95. The molecule has 5 heteroatoms. The van der Waals surface area contributed by atoms with E-state index in [9.17, 15) is 0 Å². The van der Waals surface area contributed by atoms with Gasteiger partial charge in [0.15, 0.2) is 0 Å². The minimum absolute atomic E-state index is 0.531. The fourth-order valence-electron chi connectivity index (χ4n) is 1.45. The van der Waals surface area contributed by atoms with Crippen LogP contribution in [-0.2, 0) is 11.3 Å². The van der Waals surface area contributed by atoms with Gasteiger partial charge in [-0.15, -0.1) is 11.3 Å². The number of hydrogen-bond acceptors (Lipinski definition) is 3. The van der Waals surface area contributed by atoms with Crippen molar-refractivity contribution >= 4 is 34.5 Å². The molecular formula is C12H11Cl2NOS. The second kappa shape index (κ2) is 5.36. The van der Waals surface area contributed by atoms with E-state index in [-0.39, 0.29) is 0 Å². The summed E-state index contributed by atoms with van der Waals surface area (Å²) in [7, 11) is 1.66. The molecule has 0 amide bonds. The van der Waals surface area contributed by atoms with Crippen LogP contribution in [0.3, 0.4) is 0 Å². The van der Waals surface area contributed by atoms with Crippen LogP contribution in [0.25, 0.3) is 10.6 Å².